The quantitative estimate of drug-likeness (QED) is 0.810. The summed E-state index contributed by atoms with van der Waals surface area (Å²) >= 11 is 0. The zero-order valence-electron chi connectivity index (χ0n) is 17.1. The number of piperidine rings is 2. The second kappa shape index (κ2) is 7.70. The summed E-state index contributed by atoms with van der Waals surface area (Å²) in [4.78, 5) is 31.1. The number of amides is 2. The molecule has 4 aliphatic rings. The maximum Gasteiger partial charge on any atom is 0.237 e. The number of hydrogen-bond donors (Lipinski definition) is 1. The van der Waals surface area contributed by atoms with Crippen LogP contribution in [0.3, 0.4) is 0 Å². The Morgan fingerprint density at radius 2 is 1.70 bits per heavy atom. The van der Waals surface area contributed by atoms with Crippen LogP contribution in [0.15, 0.2) is 0 Å². The Kier molecular flexibility index (Phi) is 5.48. The summed E-state index contributed by atoms with van der Waals surface area (Å²) in [6.07, 6.45) is 9.53. The molecule has 1 saturated carbocycles. The Balaban J connectivity index is 1.26. The molecule has 3 aliphatic heterocycles. The molecule has 0 aromatic rings. The van der Waals surface area contributed by atoms with Crippen LogP contribution < -0.4 is 5.32 Å². The molecular weight excluding hydrogens is 340 g/mol. The van der Waals surface area contributed by atoms with Crippen molar-refractivity contribution in [2.75, 3.05) is 39.8 Å². The van der Waals surface area contributed by atoms with Gasteiger partial charge in [0, 0.05) is 39.1 Å². The first-order chi connectivity index (χ1) is 13.0. The van der Waals surface area contributed by atoms with Gasteiger partial charge >= 0.3 is 0 Å². The van der Waals surface area contributed by atoms with Crippen LogP contribution >= 0.6 is 0 Å². The number of nitrogens with zero attached hydrogens (tertiary/aromatic N) is 3. The van der Waals surface area contributed by atoms with Crippen molar-refractivity contribution < 1.29 is 9.59 Å². The minimum Gasteiger partial charge on any atom is -0.358 e. The number of carbonyl (C=O) groups is 2. The maximum atomic E-state index is 12.3. The highest BCUT2D eigenvalue weighted by atomic mass is 16.2. The molecule has 1 atom stereocenters. The zero-order chi connectivity index (χ0) is 19.0. The second-order valence-electron chi connectivity index (χ2n) is 9.38. The highest BCUT2D eigenvalue weighted by Gasteiger charge is 2.51. The molecule has 0 aromatic heterocycles. The van der Waals surface area contributed by atoms with E-state index in [0.717, 1.165) is 26.1 Å². The van der Waals surface area contributed by atoms with Crippen LogP contribution in [0.4, 0.5) is 0 Å². The van der Waals surface area contributed by atoms with Gasteiger partial charge in [0.1, 0.15) is 0 Å². The number of likely N-dealkylation sites (tertiary alicyclic amines) is 3. The maximum absolute atomic E-state index is 12.3. The number of rotatable bonds is 3. The van der Waals surface area contributed by atoms with Crippen LogP contribution in [-0.2, 0) is 9.59 Å². The van der Waals surface area contributed by atoms with Crippen molar-refractivity contribution in [1.82, 2.24) is 20.0 Å². The van der Waals surface area contributed by atoms with Crippen molar-refractivity contribution >= 4 is 11.8 Å². The molecule has 0 radical (unpaired) electrons. The first-order valence-corrected chi connectivity index (χ1v) is 11.0. The standard InChI is InChI=1S/C21H36N4O2/c1-16(26)24-12-8-21(15-24)13-18(14-21)23-10-6-17(7-11-23)25-9-4-3-5-19(25)20(27)22-2/h17-19H,3-15H2,1-2H3,(H,22,27). The average molecular weight is 377 g/mol. The normalized spacial score (nSPS) is 36.0. The van der Waals surface area contributed by atoms with E-state index in [-0.39, 0.29) is 17.9 Å². The molecule has 1 N–H and O–H groups in total. The lowest BCUT2D eigenvalue weighted by Crippen LogP contribution is -2.58. The van der Waals surface area contributed by atoms with E-state index in [1.54, 1.807) is 14.0 Å². The molecular formula is C21H36N4O2. The highest BCUT2D eigenvalue weighted by molar-refractivity contribution is 5.81. The summed E-state index contributed by atoms with van der Waals surface area (Å²) in [6.45, 7) is 7.05. The Hall–Kier alpha value is -1.14. The minimum absolute atomic E-state index is 0.0864. The van der Waals surface area contributed by atoms with Gasteiger partial charge in [-0.25, -0.2) is 0 Å². The van der Waals surface area contributed by atoms with E-state index in [1.807, 2.05) is 4.90 Å². The Labute approximate surface area is 163 Å². The van der Waals surface area contributed by atoms with Crippen LogP contribution in [-0.4, -0.2) is 84.4 Å². The van der Waals surface area contributed by atoms with Crippen molar-refractivity contribution in [2.45, 2.75) is 76.4 Å². The Morgan fingerprint density at radius 3 is 2.33 bits per heavy atom. The largest absolute Gasteiger partial charge is 0.358 e. The van der Waals surface area contributed by atoms with Crippen LogP contribution in [0, 0.1) is 5.41 Å². The van der Waals surface area contributed by atoms with Crippen LogP contribution in [0.5, 0.6) is 0 Å². The molecule has 1 unspecified atom stereocenters. The van der Waals surface area contributed by atoms with E-state index in [9.17, 15) is 9.59 Å². The molecule has 6 nitrogen and oxygen atoms in total. The summed E-state index contributed by atoms with van der Waals surface area (Å²) in [5.41, 5.74) is 0.421. The van der Waals surface area contributed by atoms with Gasteiger partial charge in [0.15, 0.2) is 0 Å². The molecule has 1 aliphatic carbocycles. The van der Waals surface area contributed by atoms with E-state index in [1.165, 1.54) is 58.0 Å². The summed E-state index contributed by atoms with van der Waals surface area (Å²) in [7, 11) is 1.76. The number of nitrogens with one attached hydrogen (secondary N) is 1. The van der Waals surface area contributed by atoms with E-state index in [0.29, 0.717) is 17.5 Å². The SMILES string of the molecule is CNC(=O)C1CCCCN1C1CCN(C2CC3(CCN(C(C)=O)C3)C2)CC1. The first-order valence-electron chi connectivity index (χ1n) is 11.0. The molecule has 6 heteroatoms. The van der Waals surface area contributed by atoms with Crippen molar-refractivity contribution in [2.24, 2.45) is 5.41 Å². The van der Waals surface area contributed by atoms with E-state index in [2.05, 4.69) is 15.1 Å². The first kappa shape index (κ1) is 19.2. The van der Waals surface area contributed by atoms with E-state index in [4.69, 9.17) is 0 Å². The van der Waals surface area contributed by atoms with Gasteiger partial charge in [0.2, 0.25) is 11.8 Å². The number of likely N-dealkylation sites (N-methyl/N-ethyl adjacent to an activating group) is 1. The Bertz CT molecular complexity index is 567. The fourth-order valence-corrected chi connectivity index (χ4v) is 6.16. The summed E-state index contributed by atoms with van der Waals surface area (Å²) in [6, 6.07) is 1.37. The predicted octanol–water partition coefficient (Wildman–Crippen LogP) is 1.45. The Morgan fingerprint density at radius 1 is 0.963 bits per heavy atom. The van der Waals surface area contributed by atoms with Crippen LogP contribution in [0.1, 0.15) is 58.3 Å². The molecule has 3 heterocycles. The fourth-order valence-electron chi connectivity index (χ4n) is 6.16. The zero-order valence-corrected chi connectivity index (χ0v) is 17.1. The second-order valence-corrected chi connectivity index (χ2v) is 9.38. The average Bonchev–Trinajstić information content (AvgIpc) is 3.13. The molecule has 152 valence electrons. The monoisotopic (exact) mass is 376 g/mol. The lowest BCUT2D eigenvalue weighted by molar-refractivity contribution is -0.129. The summed E-state index contributed by atoms with van der Waals surface area (Å²) in [5, 5.41) is 2.87. The third kappa shape index (κ3) is 3.75. The summed E-state index contributed by atoms with van der Waals surface area (Å²) in [5.74, 6) is 0.442. The third-order valence-electron chi connectivity index (χ3n) is 7.80. The predicted molar refractivity (Wildman–Crippen MR) is 105 cm³/mol. The van der Waals surface area contributed by atoms with E-state index < -0.39 is 0 Å². The van der Waals surface area contributed by atoms with Gasteiger partial charge in [-0.1, -0.05) is 6.42 Å². The van der Waals surface area contributed by atoms with Gasteiger partial charge < -0.3 is 15.1 Å². The molecule has 2 amide bonds. The molecule has 0 bridgehead atoms. The van der Waals surface area contributed by atoms with Crippen LogP contribution in [0.2, 0.25) is 0 Å². The number of hydrogen-bond acceptors (Lipinski definition) is 4. The smallest absolute Gasteiger partial charge is 0.237 e. The third-order valence-corrected chi connectivity index (χ3v) is 7.80. The molecule has 27 heavy (non-hydrogen) atoms. The molecule has 1 spiro atoms. The van der Waals surface area contributed by atoms with Gasteiger partial charge in [-0.05, 0) is 70.0 Å². The van der Waals surface area contributed by atoms with Gasteiger partial charge in [-0.2, -0.15) is 0 Å². The summed E-state index contributed by atoms with van der Waals surface area (Å²) < 4.78 is 0. The van der Waals surface area contributed by atoms with Crippen molar-refractivity contribution in [3.05, 3.63) is 0 Å². The van der Waals surface area contributed by atoms with Crippen molar-refractivity contribution in [3.8, 4) is 0 Å². The van der Waals surface area contributed by atoms with E-state index >= 15 is 0 Å². The van der Waals surface area contributed by atoms with Gasteiger partial charge in [-0.3, -0.25) is 14.5 Å². The van der Waals surface area contributed by atoms with Crippen LogP contribution in [0.25, 0.3) is 0 Å². The lowest BCUT2D eigenvalue weighted by Gasteiger charge is -2.53. The fraction of sp³-hybridized carbons (Fsp3) is 0.905. The molecule has 3 saturated heterocycles. The molecule has 4 rings (SSSR count). The highest BCUT2D eigenvalue weighted by Crippen LogP contribution is 2.50. The molecule has 4 fully saturated rings. The molecule has 0 aromatic carbocycles. The van der Waals surface area contributed by atoms with Crippen molar-refractivity contribution in [3.63, 3.8) is 0 Å². The topological polar surface area (TPSA) is 55.9 Å². The van der Waals surface area contributed by atoms with Gasteiger partial charge in [0.05, 0.1) is 6.04 Å². The minimum atomic E-state index is 0.0864. The lowest BCUT2D eigenvalue weighted by atomic mass is 9.64. The van der Waals surface area contributed by atoms with Gasteiger partial charge in [0.25, 0.3) is 0 Å². The van der Waals surface area contributed by atoms with Gasteiger partial charge in [-0.15, -0.1) is 0 Å². The van der Waals surface area contributed by atoms with Crippen molar-refractivity contribution in [1.29, 1.82) is 0 Å². The number of carbonyl (C=O) groups excluding carboxylic acids is 2.